The van der Waals surface area contributed by atoms with Gasteiger partial charge in [0.2, 0.25) is 5.91 Å². The summed E-state index contributed by atoms with van der Waals surface area (Å²) in [5, 5.41) is 11.7. The van der Waals surface area contributed by atoms with Crippen LogP contribution in [0.1, 0.15) is 82.3 Å². The number of aliphatic hydroxyl groups is 1. The monoisotopic (exact) mass is 497 g/mol. The van der Waals surface area contributed by atoms with E-state index in [9.17, 15) is 9.59 Å². The van der Waals surface area contributed by atoms with Gasteiger partial charge in [0.05, 0.1) is 24.9 Å². The van der Waals surface area contributed by atoms with Crippen molar-refractivity contribution in [1.29, 1.82) is 0 Å². The van der Waals surface area contributed by atoms with Gasteiger partial charge < -0.3 is 24.6 Å². The number of carbonyl (C=O) groups is 2. The molecule has 7 nitrogen and oxygen atoms in total. The molecule has 2 N–H and O–H groups in total. The van der Waals surface area contributed by atoms with E-state index in [0.29, 0.717) is 19.4 Å². The Kier molecular flexibility index (Phi) is 11.6. The van der Waals surface area contributed by atoms with Gasteiger partial charge in [0.25, 0.3) is 0 Å². The Bertz CT molecular complexity index is 931. The van der Waals surface area contributed by atoms with Gasteiger partial charge in [-0.15, -0.1) is 0 Å². The van der Waals surface area contributed by atoms with Crippen LogP contribution in [-0.4, -0.2) is 42.2 Å². The van der Waals surface area contributed by atoms with Crippen LogP contribution in [0, 0.1) is 0 Å². The highest BCUT2D eigenvalue weighted by Gasteiger charge is 2.32. The number of nitrogens with one attached hydrogen (secondary N) is 1. The van der Waals surface area contributed by atoms with Gasteiger partial charge in [0.1, 0.15) is 6.61 Å². The molecule has 0 saturated carbocycles. The minimum atomic E-state index is -0.521. The fraction of sp³-hybridized carbons (Fsp3) is 0.517. The lowest BCUT2D eigenvalue weighted by Gasteiger charge is -2.36. The summed E-state index contributed by atoms with van der Waals surface area (Å²) in [5.41, 5.74) is 2.73. The van der Waals surface area contributed by atoms with Crippen molar-refractivity contribution < 1.29 is 28.9 Å². The number of hydrogen-bond acceptors (Lipinski definition) is 6. The first kappa shape index (κ1) is 28.0. The van der Waals surface area contributed by atoms with E-state index >= 15 is 0 Å². The second kappa shape index (κ2) is 14.9. The third-order valence-electron chi connectivity index (χ3n) is 6.12. The largest absolute Gasteiger partial charge is 0.389 e. The molecule has 1 fully saturated rings. The summed E-state index contributed by atoms with van der Waals surface area (Å²) in [6.45, 7) is 4.15. The van der Waals surface area contributed by atoms with E-state index in [4.69, 9.17) is 19.3 Å². The zero-order valence-electron chi connectivity index (χ0n) is 21.4. The van der Waals surface area contributed by atoms with Crippen LogP contribution in [0.5, 0.6) is 0 Å². The molecule has 1 amide bonds. The Morgan fingerprint density at radius 2 is 1.64 bits per heavy atom. The lowest BCUT2D eigenvalue weighted by molar-refractivity contribution is -0.260. The number of benzene rings is 2. The van der Waals surface area contributed by atoms with E-state index in [1.807, 2.05) is 56.3 Å². The van der Waals surface area contributed by atoms with Gasteiger partial charge in [0, 0.05) is 30.5 Å². The number of anilines is 1. The van der Waals surface area contributed by atoms with Gasteiger partial charge in [-0.25, -0.2) is 0 Å². The van der Waals surface area contributed by atoms with Crippen molar-refractivity contribution in [3.8, 4) is 0 Å². The van der Waals surface area contributed by atoms with E-state index in [1.165, 1.54) is 0 Å². The molecule has 7 heteroatoms. The molecule has 3 atom stereocenters. The zero-order chi connectivity index (χ0) is 25.8. The predicted octanol–water partition coefficient (Wildman–Crippen LogP) is 5.50. The Labute approximate surface area is 214 Å². The van der Waals surface area contributed by atoms with Crippen molar-refractivity contribution in [2.45, 2.75) is 83.4 Å². The molecule has 2 aromatic rings. The normalized spacial score (nSPS) is 19.8. The number of hydrogen-bond donors (Lipinski definition) is 2. The maximum absolute atomic E-state index is 12.3. The van der Waals surface area contributed by atoms with Crippen molar-refractivity contribution in [1.82, 2.24) is 0 Å². The van der Waals surface area contributed by atoms with Crippen molar-refractivity contribution in [2.24, 2.45) is 0 Å². The maximum atomic E-state index is 12.3. The van der Waals surface area contributed by atoms with Crippen molar-refractivity contribution in [3.63, 3.8) is 0 Å². The summed E-state index contributed by atoms with van der Waals surface area (Å²) in [5.74, 6) is -0.162. The van der Waals surface area contributed by atoms with Crippen LogP contribution in [0.3, 0.4) is 0 Å². The number of ketones is 1. The van der Waals surface area contributed by atoms with Crippen molar-refractivity contribution >= 4 is 17.4 Å². The molecule has 1 aliphatic heterocycles. The Morgan fingerprint density at radius 1 is 0.944 bits per heavy atom. The molecule has 2 aromatic carbocycles. The number of carbonyl (C=O) groups excluding carboxylic acids is 2. The topological polar surface area (TPSA) is 94.1 Å². The molecule has 0 spiro atoms. The first-order valence-corrected chi connectivity index (χ1v) is 12.9. The fourth-order valence-electron chi connectivity index (χ4n) is 4.14. The molecular weight excluding hydrogens is 458 g/mol. The Hall–Kier alpha value is -2.58. The van der Waals surface area contributed by atoms with E-state index in [-0.39, 0.29) is 36.6 Å². The second-order valence-electron chi connectivity index (χ2n) is 9.52. The van der Waals surface area contributed by atoms with Crippen LogP contribution in [0.4, 0.5) is 5.69 Å². The molecule has 196 valence electrons. The van der Waals surface area contributed by atoms with Crippen LogP contribution in [0.2, 0.25) is 0 Å². The minimum Gasteiger partial charge on any atom is -0.389 e. The maximum Gasteiger partial charge on any atom is 0.224 e. The molecule has 3 rings (SSSR count). The van der Waals surface area contributed by atoms with Gasteiger partial charge in [-0.1, -0.05) is 55.3 Å². The fourth-order valence-corrected chi connectivity index (χ4v) is 4.14. The van der Waals surface area contributed by atoms with Crippen molar-refractivity contribution in [2.75, 3.05) is 18.5 Å². The second-order valence-corrected chi connectivity index (χ2v) is 9.52. The number of Topliss-reactive ketones (excluding diaryl/α,β-unsaturated/α-hetero) is 1. The molecule has 0 bridgehead atoms. The van der Waals surface area contributed by atoms with Gasteiger partial charge in [-0.2, -0.15) is 0 Å². The van der Waals surface area contributed by atoms with Crippen LogP contribution >= 0.6 is 0 Å². The molecule has 3 unspecified atom stereocenters. The smallest absolute Gasteiger partial charge is 0.224 e. The lowest BCUT2D eigenvalue weighted by Crippen LogP contribution is -2.33. The summed E-state index contributed by atoms with van der Waals surface area (Å²) in [6.07, 6.45) is 4.26. The highest BCUT2D eigenvalue weighted by atomic mass is 16.7. The lowest BCUT2D eigenvalue weighted by atomic mass is 10.0. The predicted molar refractivity (Wildman–Crippen MR) is 138 cm³/mol. The van der Waals surface area contributed by atoms with Crippen LogP contribution in [0.25, 0.3) is 0 Å². The van der Waals surface area contributed by atoms with Crippen LogP contribution < -0.4 is 5.32 Å². The molecule has 1 aliphatic rings. The van der Waals surface area contributed by atoms with E-state index in [0.717, 1.165) is 48.9 Å². The average Bonchev–Trinajstić information content (AvgIpc) is 2.90. The number of amides is 1. The molecule has 36 heavy (non-hydrogen) atoms. The summed E-state index contributed by atoms with van der Waals surface area (Å²) < 4.78 is 18.4. The SMILES string of the molecule is CC(C)OCC1CC(c2ccccc2)OC(c2ccc(NC(=O)CCCCCCC(=O)CO)cc2)O1. The quantitative estimate of drug-likeness (QED) is 0.335. The standard InChI is InChI=1S/C29H39NO6/c1-21(2)34-20-26-18-27(22-10-6-5-7-11-22)36-29(35-26)23-14-16-24(17-15-23)30-28(33)13-9-4-3-8-12-25(32)19-31/h5-7,10-11,14-17,21,26-27,29,31H,3-4,8-9,12-13,18-20H2,1-2H3,(H,30,33). The highest BCUT2D eigenvalue weighted by Crippen LogP contribution is 2.38. The Morgan fingerprint density at radius 3 is 2.31 bits per heavy atom. The molecule has 0 radical (unpaired) electrons. The summed E-state index contributed by atoms with van der Waals surface area (Å²) >= 11 is 0. The number of unbranched alkanes of at least 4 members (excludes halogenated alkanes) is 3. The van der Waals surface area contributed by atoms with Gasteiger partial charge in [0.15, 0.2) is 12.1 Å². The van der Waals surface area contributed by atoms with Gasteiger partial charge in [-0.3, -0.25) is 9.59 Å². The first-order chi connectivity index (χ1) is 17.4. The molecule has 0 aromatic heterocycles. The number of aliphatic hydroxyl groups excluding tert-OH is 1. The minimum absolute atomic E-state index is 0.0330. The van der Waals surface area contributed by atoms with E-state index < -0.39 is 6.29 Å². The van der Waals surface area contributed by atoms with Crippen molar-refractivity contribution in [3.05, 3.63) is 65.7 Å². The summed E-state index contributed by atoms with van der Waals surface area (Å²) in [7, 11) is 0. The summed E-state index contributed by atoms with van der Waals surface area (Å²) in [6, 6.07) is 17.7. The van der Waals surface area contributed by atoms with E-state index in [2.05, 4.69) is 17.4 Å². The highest BCUT2D eigenvalue weighted by molar-refractivity contribution is 5.90. The summed E-state index contributed by atoms with van der Waals surface area (Å²) in [4.78, 5) is 23.4. The molecule has 1 saturated heterocycles. The first-order valence-electron chi connectivity index (χ1n) is 12.9. The van der Waals surface area contributed by atoms with Crippen LogP contribution in [-0.2, 0) is 23.8 Å². The molecule has 0 aliphatic carbocycles. The molecular formula is C29H39NO6. The Balaban J connectivity index is 1.51. The van der Waals surface area contributed by atoms with Gasteiger partial charge >= 0.3 is 0 Å². The third-order valence-corrected chi connectivity index (χ3v) is 6.12. The third kappa shape index (κ3) is 9.47. The van der Waals surface area contributed by atoms with Crippen LogP contribution in [0.15, 0.2) is 54.6 Å². The molecule has 1 heterocycles. The number of ether oxygens (including phenoxy) is 3. The van der Waals surface area contributed by atoms with Gasteiger partial charge in [-0.05, 0) is 44.4 Å². The number of rotatable bonds is 14. The average molecular weight is 498 g/mol. The van der Waals surface area contributed by atoms with E-state index in [1.54, 1.807) is 0 Å². The zero-order valence-corrected chi connectivity index (χ0v) is 21.4.